The van der Waals surface area contributed by atoms with Crippen LogP contribution in [-0.2, 0) is 21.2 Å². The van der Waals surface area contributed by atoms with Gasteiger partial charge in [-0.15, -0.1) is 5.10 Å². The van der Waals surface area contributed by atoms with Crippen LogP contribution in [0, 0.1) is 6.92 Å². The monoisotopic (exact) mass is 618 g/mol. The Morgan fingerprint density at radius 1 is 1.14 bits per heavy atom. The number of sulfonamides is 1. The molecule has 3 aromatic rings. The Hall–Kier alpha value is -2.84. The number of benzene rings is 1. The predicted molar refractivity (Wildman–Crippen MR) is 165 cm³/mol. The molecule has 2 N–H and O–H groups in total. The van der Waals surface area contributed by atoms with Crippen LogP contribution in [-0.4, -0.2) is 101 Å². The van der Waals surface area contributed by atoms with E-state index in [0.717, 1.165) is 25.7 Å². The smallest absolute Gasteiger partial charge is 0.277 e. The van der Waals surface area contributed by atoms with Crippen molar-refractivity contribution in [3.8, 4) is 17.1 Å². The lowest BCUT2D eigenvalue weighted by atomic mass is 10.1. The number of fused-ring (bicyclic) bond motifs is 1. The molecule has 1 aliphatic rings. The number of aliphatic hydroxyl groups excluding tert-OH is 1. The summed E-state index contributed by atoms with van der Waals surface area (Å²) in [6.07, 6.45) is 4.63. The average molecular weight is 619 g/mol. The second kappa shape index (κ2) is 15.2. The van der Waals surface area contributed by atoms with Gasteiger partial charge in [-0.25, -0.2) is 17.9 Å². The van der Waals surface area contributed by atoms with E-state index < -0.39 is 16.1 Å². The van der Waals surface area contributed by atoms with Gasteiger partial charge in [0.25, 0.3) is 5.56 Å². The van der Waals surface area contributed by atoms with E-state index in [1.54, 1.807) is 17.5 Å². The minimum atomic E-state index is -4.00. The van der Waals surface area contributed by atoms with Crippen molar-refractivity contribution in [2.24, 2.45) is 0 Å². The molecule has 2 aromatic heterocycles. The Labute approximate surface area is 254 Å². The number of hydrogen-bond acceptors (Lipinski definition) is 9. The summed E-state index contributed by atoms with van der Waals surface area (Å²) in [7, 11) is -4.00. The van der Waals surface area contributed by atoms with E-state index in [0.29, 0.717) is 80.6 Å². The second-order valence-corrected chi connectivity index (χ2v) is 12.9. The summed E-state index contributed by atoms with van der Waals surface area (Å²) in [5, 5.41) is 15.6. The van der Waals surface area contributed by atoms with E-state index in [2.05, 4.69) is 21.8 Å². The highest BCUT2D eigenvalue weighted by Gasteiger charge is 2.29. The number of nitrogens with one attached hydrogen (secondary N) is 1. The summed E-state index contributed by atoms with van der Waals surface area (Å²) in [4.78, 5) is 22.8. The van der Waals surface area contributed by atoms with Crippen LogP contribution in [0.15, 0.2) is 27.9 Å². The van der Waals surface area contributed by atoms with Crippen LogP contribution in [0.2, 0.25) is 0 Å². The number of β-amino-alcohol motifs (C(OH)–C–C–N with tert-alkyl or cyclic N) is 1. The zero-order valence-corrected chi connectivity index (χ0v) is 26.7. The van der Waals surface area contributed by atoms with Crippen molar-refractivity contribution in [2.45, 2.75) is 77.2 Å². The van der Waals surface area contributed by atoms with Crippen molar-refractivity contribution in [3.63, 3.8) is 0 Å². The molecule has 0 radical (unpaired) electrons. The molecule has 0 saturated carbocycles. The van der Waals surface area contributed by atoms with E-state index in [4.69, 9.17) is 14.6 Å². The number of rotatable bonds is 16. The molecular formula is C30H46N6O6S. The topological polar surface area (TPSA) is 142 Å². The lowest BCUT2D eigenvalue weighted by Gasteiger charge is -2.31. The molecule has 12 nitrogen and oxygen atoms in total. The van der Waals surface area contributed by atoms with E-state index in [1.807, 2.05) is 13.8 Å². The fraction of sp³-hybridized carbons (Fsp3) is 0.633. The summed E-state index contributed by atoms with van der Waals surface area (Å²) in [5.74, 6) is 1.29. The Balaban J connectivity index is 1.69. The van der Waals surface area contributed by atoms with Crippen molar-refractivity contribution in [3.05, 3.63) is 40.1 Å². The first kappa shape index (κ1) is 33.1. The number of H-pyrrole nitrogens is 1. The first-order chi connectivity index (χ1) is 20.7. The molecule has 1 aromatic carbocycles. The SMILES string of the molecule is CCCCCCc1nc(C)c2c(=O)[nH]c(-c3cc(S(=O)(=O)N(CCC)CC(O)CN4CCOCC4)ccc3OCC)nn12. The number of aromatic nitrogens is 4. The van der Waals surface area contributed by atoms with Gasteiger partial charge in [-0.1, -0.05) is 33.1 Å². The lowest BCUT2D eigenvalue weighted by molar-refractivity contribution is 0.0115. The number of ether oxygens (including phenoxy) is 2. The van der Waals surface area contributed by atoms with Gasteiger partial charge in [0.05, 0.1) is 42.1 Å². The standard InChI is InChI=1S/C30H46N6O6S/c1-5-8-9-10-11-27-31-22(4)28-30(38)32-29(33-36(27)28)25-19-24(12-13-26(25)42-7-3)43(39,40)35(14-6-2)21-23(37)20-34-15-17-41-18-16-34/h12-13,19,23,37H,5-11,14-18,20-21H2,1-4H3,(H,32,33,38). The average Bonchev–Trinajstić information content (AvgIpc) is 3.31. The van der Waals surface area contributed by atoms with Crippen LogP contribution < -0.4 is 10.3 Å². The van der Waals surface area contributed by atoms with Crippen LogP contribution in [0.3, 0.4) is 0 Å². The largest absolute Gasteiger partial charge is 0.493 e. The highest BCUT2D eigenvalue weighted by molar-refractivity contribution is 7.89. The van der Waals surface area contributed by atoms with Crippen LogP contribution in [0.4, 0.5) is 0 Å². The summed E-state index contributed by atoms with van der Waals surface area (Å²) < 4.78 is 42.0. The van der Waals surface area contributed by atoms with Crippen LogP contribution in [0.25, 0.3) is 16.9 Å². The number of aliphatic hydroxyl groups is 1. The van der Waals surface area contributed by atoms with Crippen LogP contribution in [0.1, 0.15) is 64.4 Å². The van der Waals surface area contributed by atoms with Crippen LogP contribution in [0.5, 0.6) is 5.75 Å². The third-order valence-electron chi connectivity index (χ3n) is 7.60. The molecule has 0 amide bonds. The number of aromatic amines is 1. The molecule has 0 bridgehead atoms. The van der Waals surface area contributed by atoms with Crippen molar-refractivity contribution in [1.82, 2.24) is 28.8 Å². The molecule has 1 saturated heterocycles. The maximum Gasteiger partial charge on any atom is 0.277 e. The quantitative estimate of drug-likeness (QED) is 0.232. The molecule has 1 unspecified atom stereocenters. The third-order valence-corrected chi connectivity index (χ3v) is 9.46. The number of aryl methyl sites for hydroxylation is 2. The van der Waals surface area contributed by atoms with E-state index in [9.17, 15) is 18.3 Å². The fourth-order valence-electron chi connectivity index (χ4n) is 5.45. The summed E-state index contributed by atoms with van der Waals surface area (Å²) >= 11 is 0. The van der Waals surface area contributed by atoms with Crippen molar-refractivity contribution in [1.29, 1.82) is 0 Å². The molecular weight excluding hydrogens is 572 g/mol. The highest BCUT2D eigenvalue weighted by Crippen LogP contribution is 2.31. The van der Waals surface area contributed by atoms with Crippen molar-refractivity contribution in [2.75, 3.05) is 52.5 Å². The minimum absolute atomic E-state index is 0.0299. The van der Waals surface area contributed by atoms with Gasteiger partial charge in [-0.2, -0.15) is 4.31 Å². The number of unbranched alkanes of at least 4 members (excludes halogenated alkanes) is 3. The Bertz CT molecular complexity index is 1520. The van der Waals surface area contributed by atoms with E-state index in [1.165, 1.54) is 16.4 Å². The van der Waals surface area contributed by atoms with Gasteiger partial charge in [0.1, 0.15) is 11.6 Å². The molecule has 4 rings (SSSR count). The first-order valence-electron chi connectivity index (χ1n) is 15.4. The third kappa shape index (κ3) is 8.01. The number of hydrogen-bond donors (Lipinski definition) is 2. The van der Waals surface area contributed by atoms with Crippen molar-refractivity contribution >= 4 is 15.5 Å². The zero-order chi connectivity index (χ0) is 31.0. The van der Waals surface area contributed by atoms with Gasteiger partial charge in [0.15, 0.2) is 11.3 Å². The highest BCUT2D eigenvalue weighted by atomic mass is 32.2. The van der Waals surface area contributed by atoms with Gasteiger partial charge in [0.2, 0.25) is 10.0 Å². The van der Waals surface area contributed by atoms with Gasteiger partial charge < -0.3 is 19.6 Å². The Morgan fingerprint density at radius 3 is 2.60 bits per heavy atom. The zero-order valence-electron chi connectivity index (χ0n) is 25.8. The molecule has 1 atom stereocenters. The fourth-order valence-corrected chi connectivity index (χ4v) is 7.04. The second-order valence-electron chi connectivity index (χ2n) is 11.0. The molecule has 43 heavy (non-hydrogen) atoms. The maximum atomic E-state index is 13.9. The first-order valence-corrected chi connectivity index (χ1v) is 16.9. The minimum Gasteiger partial charge on any atom is -0.493 e. The maximum absolute atomic E-state index is 13.9. The summed E-state index contributed by atoms with van der Waals surface area (Å²) in [5.41, 5.74) is 0.970. The molecule has 0 spiro atoms. The Morgan fingerprint density at radius 2 is 1.91 bits per heavy atom. The predicted octanol–water partition coefficient (Wildman–Crippen LogP) is 3.01. The summed E-state index contributed by atoms with van der Waals surface area (Å²) in [6, 6.07) is 4.58. The molecule has 1 fully saturated rings. The molecule has 0 aliphatic carbocycles. The van der Waals surface area contributed by atoms with Crippen molar-refractivity contribution < 1.29 is 23.0 Å². The Kier molecular flexibility index (Phi) is 11.7. The number of imidazole rings is 1. The normalized spacial score (nSPS) is 15.4. The van der Waals surface area contributed by atoms with E-state index in [-0.39, 0.29) is 29.4 Å². The van der Waals surface area contributed by atoms with Gasteiger partial charge in [0, 0.05) is 39.1 Å². The van der Waals surface area contributed by atoms with Crippen LogP contribution >= 0.6 is 0 Å². The van der Waals surface area contributed by atoms with E-state index >= 15 is 0 Å². The van der Waals surface area contributed by atoms with Gasteiger partial charge >= 0.3 is 0 Å². The van der Waals surface area contributed by atoms with Gasteiger partial charge in [-0.3, -0.25) is 9.69 Å². The number of morpholine rings is 1. The molecule has 3 heterocycles. The molecule has 13 heteroatoms. The molecule has 1 aliphatic heterocycles. The number of nitrogens with zero attached hydrogens (tertiary/aromatic N) is 5. The molecule has 238 valence electrons. The summed E-state index contributed by atoms with van der Waals surface area (Å²) in [6.45, 7) is 11.2. The lowest BCUT2D eigenvalue weighted by Crippen LogP contribution is -2.46. The van der Waals surface area contributed by atoms with Gasteiger partial charge in [-0.05, 0) is 44.9 Å².